The predicted octanol–water partition coefficient (Wildman–Crippen LogP) is 5.90. The lowest BCUT2D eigenvalue weighted by Crippen LogP contribution is -2.39. The third-order valence-electron chi connectivity index (χ3n) is 7.28. The molecule has 1 aliphatic heterocycles. The summed E-state index contributed by atoms with van der Waals surface area (Å²) >= 11 is 1.27. The first-order chi connectivity index (χ1) is 20.0. The van der Waals surface area contributed by atoms with Gasteiger partial charge in [0.25, 0.3) is 5.91 Å². The molecule has 0 bridgehead atoms. The number of anilines is 1. The van der Waals surface area contributed by atoms with Gasteiger partial charge in [-0.1, -0.05) is 6.07 Å². The van der Waals surface area contributed by atoms with Gasteiger partial charge >= 0.3 is 0 Å². The van der Waals surface area contributed by atoms with E-state index in [4.69, 9.17) is 4.74 Å². The van der Waals surface area contributed by atoms with Gasteiger partial charge in [-0.15, -0.1) is 11.3 Å². The summed E-state index contributed by atoms with van der Waals surface area (Å²) in [6, 6.07) is 15.4. The van der Waals surface area contributed by atoms with Crippen molar-refractivity contribution in [3.63, 3.8) is 0 Å². The number of amides is 2. The zero-order valence-electron chi connectivity index (χ0n) is 23.8. The zero-order valence-corrected chi connectivity index (χ0v) is 25.5. The van der Waals surface area contributed by atoms with Gasteiger partial charge in [-0.05, 0) is 87.7 Å². The number of carbonyl (C=O) groups is 2. The largest absolute Gasteiger partial charge is 0.457 e. The van der Waals surface area contributed by atoms with Gasteiger partial charge in [-0.2, -0.15) is 0 Å². The normalized spacial score (nSPS) is 16.8. The van der Waals surface area contributed by atoms with Gasteiger partial charge in [-0.25, -0.2) is 13.4 Å². The minimum atomic E-state index is -3.34. The number of nitrogens with one attached hydrogen (secondary N) is 1. The van der Waals surface area contributed by atoms with Gasteiger partial charge in [0.1, 0.15) is 11.5 Å². The fourth-order valence-corrected chi connectivity index (χ4v) is 6.49. The van der Waals surface area contributed by atoms with Crippen LogP contribution in [-0.4, -0.2) is 53.4 Å². The van der Waals surface area contributed by atoms with Gasteiger partial charge in [0.2, 0.25) is 5.91 Å². The molecule has 2 aromatic carbocycles. The van der Waals surface area contributed by atoms with E-state index in [1.54, 1.807) is 41.9 Å². The predicted molar refractivity (Wildman–Crippen MR) is 163 cm³/mol. The van der Waals surface area contributed by atoms with Crippen molar-refractivity contribution in [1.29, 1.82) is 0 Å². The molecule has 2 aromatic heterocycles. The lowest BCUT2D eigenvalue weighted by atomic mass is 10.0. The Morgan fingerprint density at radius 2 is 1.76 bits per heavy atom. The number of hydrogen-bond acceptors (Lipinski definition) is 8. The van der Waals surface area contributed by atoms with E-state index < -0.39 is 15.7 Å². The highest BCUT2D eigenvalue weighted by molar-refractivity contribution is 7.90. The highest BCUT2D eigenvalue weighted by atomic mass is 32.2. The van der Waals surface area contributed by atoms with E-state index >= 15 is 0 Å². The maximum atomic E-state index is 13.4. The van der Waals surface area contributed by atoms with Crippen molar-refractivity contribution in [2.75, 3.05) is 11.6 Å². The topological polar surface area (TPSA) is 119 Å². The van der Waals surface area contributed by atoms with Crippen molar-refractivity contribution < 1.29 is 22.7 Å². The molecule has 5 rings (SSSR count). The summed E-state index contributed by atoms with van der Waals surface area (Å²) in [6.45, 7) is 6.07. The Balaban J connectivity index is 1.38. The number of rotatable bonds is 8. The van der Waals surface area contributed by atoms with Crippen LogP contribution in [0.15, 0.2) is 71.1 Å². The quantitative estimate of drug-likeness (QED) is 0.266. The molecular formula is C31H32N4O5S2. The highest BCUT2D eigenvalue weighted by Gasteiger charge is 2.31. The second kappa shape index (κ2) is 12.0. The van der Waals surface area contributed by atoms with Gasteiger partial charge in [-0.3, -0.25) is 19.9 Å². The second-order valence-electron chi connectivity index (χ2n) is 10.6. The second-order valence-corrected chi connectivity index (χ2v) is 13.5. The molecule has 0 aliphatic carbocycles. The Morgan fingerprint density at radius 3 is 2.43 bits per heavy atom. The Hall–Kier alpha value is -4.09. The van der Waals surface area contributed by atoms with Crippen molar-refractivity contribution in [3.8, 4) is 22.8 Å². The monoisotopic (exact) mass is 604 g/mol. The summed E-state index contributed by atoms with van der Waals surface area (Å²) in [5.41, 5.74) is 3.25. The van der Waals surface area contributed by atoms with Crippen LogP contribution in [-0.2, 0) is 21.1 Å². The number of nitrogens with zero attached hydrogens (tertiary/aromatic N) is 3. The number of sulfone groups is 1. The molecule has 4 aromatic rings. The molecule has 1 aliphatic rings. The van der Waals surface area contributed by atoms with Crippen molar-refractivity contribution >= 4 is 38.1 Å². The average molecular weight is 605 g/mol. The molecular weight excluding hydrogens is 572 g/mol. The number of benzene rings is 2. The molecule has 42 heavy (non-hydrogen) atoms. The van der Waals surface area contributed by atoms with Gasteiger partial charge in [0, 0.05) is 41.0 Å². The molecule has 3 heterocycles. The van der Waals surface area contributed by atoms with Gasteiger partial charge in [0.15, 0.2) is 15.0 Å². The minimum absolute atomic E-state index is 0.0421. The summed E-state index contributed by atoms with van der Waals surface area (Å²) in [7, 11) is -3.34. The molecule has 0 saturated carbocycles. The van der Waals surface area contributed by atoms with Gasteiger partial charge < -0.3 is 9.64 Å². The molecule has 2 atom stereocenters. The van der Waals surface area contributed by atoms with E-state index in [0.717, 1.165) is 24.7 Å². The molecule has 0 radical (unpaired) electrons. The number of ether oxygens (including phenoxy) is 1. The molecule has 1 saturated heterocycles. The zero-order chi connectivity index (χ0) is 30.0. The number of aryl methyl sites for hydroxylation is 1. The maximum Gasteiger partial charge on any atom is 0.257 e. The van der Waals surface area contributed by atoms with E-state index in [1.807, 2.05) is 24.0 Å². The first-order valence-electron chi connectivity index (χ1n) is 13.6. The smallest absolute Gasteiger partial charge is 0.257 e. The van der Waals surface area contributed by atoms with Crippen molar-refractivity contribution in [2.45, 2.75) is 57.0 Å². The number of hydrogen-bond donors (Lipinski definition) is 1. The minimum Gasteiger partial charge on any atom is -0.457 e. The van der Waals surface area contributed by atoms with Crippen LogP contribution in [0.5, 0.6) is 11.5 Å². The molecule has 2 amide bonds. The number of pyridine rings is 1. The van der Waals surface area contributed by atoms with Crippen LogP contribution in [0.4, 0.5) is 5.13 Å². The molecule has 218 valence electrons. The van der Waals surface area contributed by atoms with Crippen molar-refractivity contribution in [2.24, 2.45) is 0 Å². The van der Waals surface area contributed by atoms with E-state index in [-0.39, 0.29) is 29.3 Å². The van der Waals surface area contributed by atoms with Crippen LogP contribution >= 0.6 is 11.3 Å². The third-order valence-corrected chi connectivity index (χ3v) is 9.22. The highest BCUT2D eigenvalue weighted by Crippen LogP contribution is 2.31. The fourth-order valence-electron chi connectivity index (χ4n) is 5.15. The SMILES string of the molecule is Cc1cccnc1-c1cc(Oc2ccc(S(C)(=O)=O)cc2)cc(C(=O)Nc2nc(CC(=O)N3C(C)CCC3C)cs2)c1. The van der Waals surface area contributed by atoms with E-state index in [9.17, 15) is 18.0 Å². The number of carbonyl (C=O) groups excluding carboxylic acids is 2. The van der Waals surface area contributed by atoms with Crippen LogP contribution in [0.3, 0.4) is 0 Å². The first kappa shape index (κ1) is 29.4. The standard InChI is InChI=1S/C31H32N4O5S2/c1-19-6-5-13-32-29(19)22-14-23(16-26(15-22)40-25-9-11-27(12-10-25)42(4,38)39)30(37)34-31-33-24(18-41-31)17-28(36)35-20(2)7-8-21(35)3/h5-6,9-16,18,20-21H,7-8,17H2,1-4H3,(H,33,34,37). The first-order valence-corrected chi connectivity index (χ1v) is 16.4. The van der Waals surface area contributed by atoms with E-state index in [1.165, 1.54) is 23.5 Å². The molecule has 11 heteroatoms. The summed E-state index contributed by atoms with van der Waals surface area (Å²) in [5, 5.41) is 5.03. The molecule has 1 fully saturated rings. The Bertz CT molecular complexity index is 1720. The van der Waals surface area contributed by atoms with Crippen molar-refractivity contribution in [3.05, 3.63) is 83.0 Å². The summed E-state index contributed by atoms with van der Waals surface area (Å²) in [4.78, 5) is 37.4. The number of aromatic nitrogens is 2. The average Bonchev–Trinajstić information content (AvgIpc) is 3.52. The van der Waals surface area contributed by atoms with Crippen LogP contribution in [0, 0.1) is 6.92 Å². The van der Waals surface area contributed by atoms with Gasteiger partial charge in [0.05, 0.1) is 22.7 Å². The maximum absolute atomic E-state index is 13.4. The van der Waals surface area contributed by atoms with Crippen LogP contribution in [0.1, 0.15) is 48.3 Å². The summed E-state index contributed by atoms with van der Waals surface area (Å²) in [6.07, 6.45) is 5.01. The molecule has 2 unspecified atom stereocenters. The van der Waals surface area contributed by atoms with E-state index in [2.05, 4.69) is 29.1 Å². The molecule has 9 nitrogen and oxygen atoms in total. The Kier molecular flexibility index (Phi) is 8.42. The van der Waals surface area contributed by atoms with Crippen LogP contribution in [0.2, 0.25) is 0 Å². The van der Waals surface area contributed by atoms with E-state index in [0.29, 0.717) is 39.1 Å². The molecule has 1 N–H and O–H groups in total. The summed E-state index contributed by atoms with van der Waals surface area (Å²) < 4.78 is 29.7. The van der Waals surface area contributed by atoms with Crippen LogP contribution < -0.4 is 10.1 Å². The summed E-state index contributed by atoms with van der Waals surface area (Å²) in [5.74, 6) is 0.450. The van der Waals surface area contributed by atoms with Crippen molar-refractivity contribution in [1.82, 2.24) is 14.9 Å². The fraction of sp³-hybridized carbons (Fsp3) is 0.290. The number of thiazole rings is 1. The van der Waals surface area contributed by atoms with Crippen LogP contribution in [0.25, 0.3) is 11.3 Å². The third kappa shape index (κ3) is 6.69. The molecule has 0 spiro atoms. The Labute approximate surface area is 249 Å². The lowest BCUT2D eigenvalue weighted by Gasteiger charge is -2.26. The lowest BCUT2D eigenvalue weighted by molar-refractivity contribution is -0.132. The number of likely N-dealkylation sites (tertiary alicyclic amines) is 1. The Morgan fingerprint density at radius 1 is 1.05 bits per heavy atom.